The number of carboxylic acids is 1. The fraction of sp³-hybridized carbons (Fsp3) is 0.744. The molecule has 0 radical (unpaired) electrons. The van der Waals surface area contributed by atoms with E-state index in [0.717, 1.165) is 99.1 Å². The van der Waals surface area contributed by atoms with Crippen LogP contribution in [0.1, 0.15) is 129 Å². The first-order chi connectivity index (χ1) is 22.9. The molecule has 49 heavy (non-hydrogen) atoms. The summed E-state index contributed by atoms with van der Waals surface area (Å²) in [6.45, 7) is 15.9. The number of alkyl halides is 1. The lowest BCUT2D eigenvalue weighted by Gasteiger charge is -2.69. The van der Waals surface area contributed by atoms with Gasteiger partial charge in [0.05, 0.1) is 17.2 Å². The molecule has 2 amide bonds. The standard InChI is InChI=1S/C29H40O4.C10H18ClN3O2/c1-17-18-7-8-21-27(4,19(18)15-20(30)23(17)31)12-14-29(6)22-16-26(3,24(32)33)10-9-25(22,2)11-13-28(21,29)5;1-8-2-4-9(5-3-8)12-10(15)14(13-16)7-6-11/h8,15,22,30-31H,7,9-14,16H2,1-6H3,(H,32,33);8-9H,2-7H2,1H3,(H,12,15). The molecule has 6 unspecified atom stereocenters. The van der Waals surface area contributed by atoms with E-state index in [1.807, 2.05) is 19.9 Å². The Bertz CT molecular complexity index is 1510. The van der Waals surface area contributed by atoms with Crippen molar-refractivity contribution in [3.05, 3.63) is 39.3 Å². The number of hydrogen-bond acceptors (Lipinski definition) is 6. The lowest BCUT2D eigenvalue weighted by molar-refractivity contribution is -0.177. The fourth-order valence-electron chi connectivity index (χ4n) is 10.8. The highest BCUT2D eigenvalue weighted by Crippen LogP contribution is 2.74. The van der Waals surface area contributed by atoms with Crippen LogP contribution in [0.2, 0.25) is 0 Å². The highest BCUT2D eigenvalue weighted by atomic mass is 35.5. The summed E-state index contributed by atoms with van der Waals surface area (Å²) in [4.78, 5) is 34.2. The molecule has 10 heteroatoms. The molecule has 1 aromatic carbocycles. The predicted octanol–water partition coefficient (Wildman–Crippen LogP) is 9.14. The zero-order chi connectivity index (χ0) is 36.2. The van der Waals surface area contributed by atoms with Crippen LogP contribution in [0.15, 0.2) is 23.0 Å². The van der Waals surface area contributed by atoms with Crippen LogP contribution in [0.3, 0.4) is 0 Å². The Morgan fingerprint density at radius 3 is 2.27 bits per heavy atom. The van der Waals surface area contributed by atoms with Crippen molar-refractivity contribution >= 4 is 23.6 Å². The number of aliphatic carboxylic acids is 1. The molecule has 5 aliphatic rings. The second-order valence-electron chi connectivity index (χ2n) is 17.4. The van der Waals surface area contributed by atoms with E-state index in [9.17, 15) is 29.8 Å². The van der Waals surface area contributed by atoms with E-state index in [1.165, 1.54) is 11.1 Å². The van der Waals surface area contributed by atoms with Gasteiger partial charge in [0.2, 0.25) is 0 Å². The third-order valence-electron chi connectivity index (χ3n) is 14.6. The molecule has 4 fully saturated rings. The predicted molar refractivity (Wildman–Crippen MR) is 193 cm³/mol. The normalized spacial score (nSPS) is 37.8. The Morgan fingerprint density at radius 1 is 1.00 bits per heavy atom. The molecule has 4 saturated carbocycles. The molecule has 1 aromatic rings. The molecule has 9 nitrogen and oxygen atoms in total. The van der Waals surface area contributed by atoms with Crippen molar-refractivity contribution in [2.45, 2.75) is 137 Å². The minimum absolute atomic E-state index is 0.00431. The van der Waals surface area contributed by atoms with Gasteiger partial charge in [0.15, 0.2) is 11.5 Å². The highest BCUT2D eigenvalue weighted by molar-refractivity contribution is 6.18. The molecule has 5 aliphatic carbocycles. The second-order valence-corrected chi connectivity index (χ2v) is 17.8. The van der Waals surface area contributed by atoms with Gasteiger partial charge in [-0.15, -0.1) is 16.5 Å². The Hall–Kier alpha value is -2.81. The first-order valence-corrected chi connectivity index (χ1v) is 18.9. The topological polar surface area (TPSA) is 140 Å². The Balaban J connectivity index is 0.000000247. The molecule has 0 heterocycles. The van der Waals surface area contributed by atoms with Crippen LogP contribution in [0.4, 0.5) is 4.79 Å². The number of aromatic hydroxyl groups is 2. The summed E-state index contributed by atoms with van der Waals surface area (Å²) >= 11 is 5.46. The number of rotatable bonds is 5. The summed E-state index contributed by atoms with van der Waals surface area (Å²) in [6.07, 6.45) is 14.2. The molecule has 272 valence electrons. The summed E-state index contributed by atoms with van der Waals surface area (Å²) in [5, 5.41) is 37.2. The molecule has 6 rings (SSSR count). The Labute approximate surface area is 297 Å². The van der Waals surface area contributed by atoms with Crippen molar-refractivity contribution in [1.29, 1.82) is 0 Å². The maximum absolute atomic E-state index is 12.3. The molecule has 6 atom stereocenters. The monoisotopic (exact) mass is 699 g/mol. The van der Waals surface area contributed by atoms with E-state index in [-0.39, 0.29) is 51.6 Å². The number of fused-ring (bicyclic) bond motifs is 7. The number of hydrogen-bond donors (Lipinski definition) is 4. The molecule has 0 spiro atoms. The molecular formula is C39H58ClN3O6. The van der Waals surface area contributed by atoms with Crippen molar-refractivity contribution in [2.24, 2.45) is 38.8 Å². The van der Waals surface area contributed by atoms with Gasteiger partial charge in [0.25, 0.3) is 0 Å². The molecule has 0 saturated heterocycles. The summed E-state index contributed by atoms with van der Waals surface area (Å²) in [7, 11) is 0. The number of allylic oxidation sites excluding steroid dienone is 2. The van der Waals surface area contributed by atoms with Gasteiger partial charge in [0.1, 0.15) is 0 Å². The van der Waals surface area contributed by atoms with Gasteiger partial charge >= 0.3 is 12.0 Å². The second kappa shape index (κ2) is 13.4. The van der Waals surface area contributed by atoms with Gasteiger partial charge in [-0.25, -0.2) is 4.79 Å². The van der Waals surface area contributed by atoms with Gasteiger partial charge in [-0.1, -0.05) is 46.3 Å². The number of carbonyl (C=O) groups excluding carboxylic acids is 1. The average molecular weight is 700 g/mol. The van der Waals surface area contributed by atoms with E-state index < -0.39 is 17.4 Å². The number of benzene rings is 1. The van der Waals surface area contributed by atoms with Gasteiger partial charge in [-0.3, -0.25) is 4.79 Å². The van der Waals surface area contributed by atoms with E-state index in [2.05, 4.69) is 51.3 Å². The first kappa shape index (κ1) is 37.4. The maximum Gasteiger partial charge on any atom is 0.340 e. The molecular weight excluding hydrogens is 642 g/mol. The minimum Gasteiger partial charge on any atom is -0.504 e. The number of amides is 2. The summed E-state index contributed by atoms with van der Waals surface area (Å²) < 4.78 is 0. The van der Waals surface area contributed by atoms with Crippen LogP contribution in [0.25, 0.3) is 0 Å². The number of nitrogens with one attached hydrogen (secondary N) is 1. The molecule has 4 N–H and O–H groups in total. The van der Waals surface area contributed by atoms with Crippen LogP contribution < -0.4 is 5.32 Å². The number of phenols is 2. The molecule has 0 bridgehead atoms. The lowest BCUT2D eigenvalue weighted by Crippen LogP contribution is -2.62. The highest BCUT2D eigenvalue weighted by Gasteiger charge is 2.67. The number of halogens is 1. The quantitative estimate of drug-likeness (QED) is 0.0795. The Morgan fingerprint density at radius 2 is 1.65 bits per heavy atom. The summed E-state index contributed by atoms with van der Waals surface area (Å²) in [5.74, 6) is 0.660. The van der Waals surface area contributed by atoms with Crippen molar-refractivity contribution in [3.8, 4) is 11.5 Å². The van der Waals surface area contributed by atoms with Crippen LogP contribution in [-0.2, 0) is 16.6 Å². The number of nitrogens with zero attached hydrogens (tertiary/aromatic N) is 2. The van der Waals surface area contributed by atoms with E-state index >= 15 is 0 Å². The van der Waals surface area contributed by atoms with Crippen LogP contribution in [0, 0.1) is 45.3 Å². The SMILES string of the molecule is CC1CCC(NC(=O)N(CCCl)N=O)CC1.Cc1c(O)c(O)cc2c1CC=C1C2(C)CCC2(C)C3CC(C)(C(=O)O)CCC3(C)CCC12C. The van der Waals surface area contributed by atoms with E-state index in [0.29, 0.717) is 5.92 Å². The van der Waals surface area contributed by atoms with Crippen molar-refractivity contribution < 1.29 is 24.9 Å². The zero-order valence-corrected chi connectivity index (χ0v) is 31.4. The average Bonchev–Trinajstić information content (AvgIpc) is 3.06. The number of carboxylic acid groups (broad SMARTS) is 1. The smallest absolute Gasteiger partial charge is 0.340 e. The zero-order valence-electron chi connectivity index (χ0n) is 30.6. The minimum atomic E-state index is -0.641. The van der Waals surface area contributed by atoms with Gasteiger partial charge in [-0.05, 0) is 142 Å². The van der Waals surface area contributed by atoms with Gasteiger partial charge in [-0.2, -0.15) is 5.01 Å². The number of nitroso groups, excluding NO2 is 1. The summed E-state index contributed by atoms with van der Waals surface area (Å²) in [6, 6.07) is 1.55. The van der Waals surface area contributed by atoms with Crippen LogP contribution in [-0.4, -0.2) is 50.8 Å². The van der Waals surface area contributed by atoms with Crippen LogP contribution in [0.5, 0.6) is 11.5 Å². The fourth-order valence-corrected chi connectivity index (χ4v) is 11.0. The van der Waals surface area contributed by atoms with Crippen molar-refractivity contribution in [3.63, 3.8) is 0 Å². The van der Waals surface area contributed by atoms with Crippen molar-refractivity contribution in [1.82, 2.24) is 10.3 Å². The Kier molecular flexibility index (Phi) is 10.2. The van der Waals surface area contributed by atoms with Crippen LogP contribution >= 0.6 is 11.6 Å². The van der Waals surface area contributed by atoms with E-state index in [1.54, 1.807) is 0 Å². The van der Waals surface area contributed by atoms with Gasteiger partial charge in [0, 0.05) is 17.3 Å². The molecule has 0 aromatic heterocycles. The van der Waals surface area contributed by atoms with Gasteiger partial charge < -0.3 is 20.6 Å². The van der Waals surface area contributed by atoms with E-state index in [4.69, 9.17) is 11.6 Å². The number of phenolic OH excluding ortho intramolecular Hbond substituents is 2. The lowest BCUT2D eigenvalue weighted by atomic mass is 9.34. The maximum atomic E-state index is 12.3. The first-order valence-electron chi connectivity index (χ1n) is 18.4. The number of urea groups is 1. The summed E-state index contributed by atoms with van der Waals surface area (Å²) in [5.41, 5.74) is 4.00. The number of carbonyl (C=O) groups is 2. The third kappa shape index (κ3) is 6.24. The molecule has 0 aliphatic heterocycles. The largest absolute Gasteiger partial charge is 0.504 e. The third-order valence-corrected chi connectivity index (χ3v) is 14.7. The van der Waals surface area contributed by atoms with Crippen molar-refractivity contribution in [2.75, 3.05) is 12.4 Å².